The zero-order valence-electron chi connectivity index (χ0n) is 9.62. The van der Waals surface area contributed by atoms with Crippen molar-refractivity contribution in [1.29, 1.82) is 0 Å². The van der Waals surface area contributed by atoms with Gasteiger partial charge in [-0.05, 0) is 18.1 Å². The van der Waals surface area contributed by atoms with Crippen molar-refractivity contribution < 1.29 is 18.3 Å². The number of rotatable bonds is 6. The summed E-state index contributed by atoms with van der Waals surface area (Å²) in [7, 11) is 0. The zero-order valence-corrected chi connectivity index (χ0v) is 10.4. The van der Waals surface area contributed by atoms with Crippen LogP contribution in [-0.4, -0.2) is 40.9 Å². The van der Waals surface area contributed by atoms with Gasteiger partial charge in [-0.1, -0.05) is 17.7 Å². The Balaban J connectivity index is 2.62. The summed E-state index contributed by atoms with van der Waals surface area (Å²) in [6.07, 6.45) is -2.50. The predicted octanol–water partition coefficient (Wildman–Crippen LogP) is 2.48. The molecule has 1 heterocycles. The lowest BCUT2D eigenvalue weighted by Crippen LogP contribution is -2.34. The van der Waals surface area contributed by atoms with E-state index in [4.69, 9.17) is 16.7 Å². The summed E-state index contributed by atoms with van der Waals surface area (Å²) in [4.78, 5) is 5.04. The molecule has 0 aliphatic rings. The van der Waals surface area contributed by atoms with E-state index in [1.807, 2.05) is 0 Å². The van der Waals surface area contributed by atoms with E-state index >= 15 is 0 Å². The molecule has 0 atom stereocenters. The summed E-state index contributed by atoms with van der Waals surface area (Å²) in [6.45, 7) is -0.828. The fourth-order valence-electron chi connectivity index (χ4n) is 1.52. The summed E-state index contributed by atoms with van der Waals surface area (Å²) in [5, 5.41) is 8.98. The highest BCUT2D eigenvalue weighted by atomic mass is 35.5. The van der Waals surface area contributed by atoms with Crippen molar-refractivity contribution in [1.82, 2.24) is 9.88 Å². The lowest BCUT2D eigenvalue weighted by molar-refractivity contribution is -0.147. The van der Waals surface area contributed by atoms with Crippen LogP contribution < -0.4 is 0 Å². The van der Waals surface area contributed by atoms with Crippen molar-refractivity contribution in [3.8, 4) is 0 Å². The van der Waals surface area contributed by atoms with Gasteiger partial charge in [-0.25, -0.2) is 4.98 Å². The maximum Gasteiger partial charge on any atom is 0.401 e. The number of halogens is 4. The Morgan fingerprint density at radius 2 is 2.06 bits per heavy atom. The Kier molecular flexibility index (Phi) is 5.84. The molecule has 102 valence electrons. The standard InChI is InChI=1S/C11H14ClF3N2O/c12-10-3-2-9(6-16-10)7-17(4-1-5-18)8-11(13,14)15/h2-3,6,18H,1,4-5,7-8H2. The molecule has 0 saturated carbocycles. The van der Waals surface area contributed by atoms with Gasteiger partial charge in [0.15, 0.2) is 0 Å². The van der Waals surface area contributed by atoms with Crippen LogP contribution in [0, 0.1) is 0 Å². The first-order chi connectivity index (χ1) is 8.40. The SMILES string of the molecule is OCCCN(Cc1ccc(Cl)nc1)CC(F)(F)F. The van der Waals surface area contributed by atoms with E-state index in [1.54, 1.807) is 6.07 Å². The number of pyridine rings is 1. The quantitative estimate of drug-likeness (QED) is 0.815. The molecule has 0 aliphatic heterocycles. The first kappa shape index (κ1) is 15.2. The minimum Gasteiger partial charge on any atom is -0.396 e. The number of aromatic nitrogens is 1. The molecule has 0 saturated heterocycles. The predicted molar refractivity (Wildman–Crippen MR) is 62.3 cm³/mol. The third-order valence-electron chi connectivity index (χ3n) is 2.23. The van der Waals surface area contributed by atoms with Crippen LogP contribution in [0.15, 0.2) is 18.3 Å². The van der Waals surface area contributed by atoms with Crippen LogP contribution in [0.3, 0.4) is 0 Å². The van der Waals surface area contributed by atoms with Gasteiger partial charge in [0.25, 0.3) is 0 Å². The van der Waals surface area contributed by atoms with Crippen LogP contribution in [0.1, 0.15) is 12.0 Å². The van der Waals surface area contributed by atoms with E-state index in [0.29, 0.717) is 17.1 Å². The van der Waals surface area contributed by atoms with E-state index in [1.165, 1.54) is 17.2 Å². The van der Waals surface area contributed by atoms with Gasteiger partial charge in [-0.2, -0.15) is 13.2 Å². The summed E-state index contributed by atoms with van der Waals surface area (Å²) in [5.41, 5.74) is 0.654. The maximum absolute atomic E-state index is 12.4. The highest BCUT2D eigenvalue weighted by Crippen LogP contribution is 2.18. The van der Waals surface area contributed by atoms with Crippen LogP contribution in [0.4, 0.5) is 13.2 Å². The Hall–Kier alpha value is -0.850. The molecular weight excluding hydrogens is 269 g/mol. The largest absolute Gasteiger partial charge is 0.401 e. The average Bonchev–Trinajstić information content (AvgIpc) is 2.27. The summed E-state index contributed by atoms with van der Waals surface area (Å²) >= 11 is 5.60. The number of nitrogens with zero attached hydrogens (tertiary/aromatic N) is 2. The molecule has 18 heavy (non-hydrogen) atoms. The van der Waals surface area contributed by atoms with Crippen LogP contribution in [0.2, 0.25) is 5.15 Å². The van der Waals surface area contributed by atoms with Gasteiger partial charge in [0.05, 0.1) is 6.54 Å². The van der Waals surface area contributed by atoms with Crippen molar-refractivity contribution in [2.75, 3.05) is 19.7 Å². The molecular formula is C11H14ClF3N2O. The van der Waals surface area contributed by atoms with E-state index in [2.05, 4.69) is 4.98 Å². The zero-order chi connectivity index (χ0) is 13.6. The van der Waals surface area contributed by atoms with E-state index in [9.17, 15) is 13.2 Å². The smallest absolute Gasteiger partial charge is 0.396 e. The first-order valence-corrected chi connectivity index (χ1v) is 5.79. The van der Waals surface area contributed by atoms with Gasteiger partial charge in [0.2, 0.25) is 0 Å². The molecule has 0 radical (unpaired) electrons. The third-order valence-corrected chi connectivity index (χ3v) is 2.45. The second kappa shape index (κ2) is 6.92. The van der Waals surface area contributed by atoms with E-state index in [0.717, 1.165) is 0 Å². The van der Waals surface area contributed by atoms with Gasteiger partial charge in [-0.15, -0.1) is 0 Å². The lowest BCUT2D eigenvalue weighted by atomic mass is 10.2. The fourth-order valence-corrected chi connectivity index (χ4v) is 1.63. The third kappa shape index (κ3) is 6.18. The summed E-state index contributed by atoms with van der Waals surface area (Å²) in [5.74, 6) is 0. The van der Waals surface area contributed by atoms with Gasteiger partial charge in [0, 0.05) is 25.9 Å². The first-order valence-electron chi connectivity index (χ1n) is 5.41. The molecule has 0 fully saturated rings. The summed E-state index contributed by atoms with van der Waals surface area (Å²) in [6, 6.07) is 3.17. The molecule has 0 aliphatic carbocycles. The van der Waals surface area contributed by atoms with Crippen molar-refractivity contribution in [3.63, 3.8) is 0 Å². The number of alkyl halides is 3. The highest BCUT2D eigenvalue weighted by molar-refractivity contribution is 6.29. The van der Waals surface area contributed by atoms with Gasteiger partial charge in [-0.3, -0.25) is 4.90 Å². The van der Waals surface area contributed by atoms with Crippen LogP contribution in [0.25, 0.3) is 0 Å². The second-order valence-corrected chi connectivity index (χ2v) is 4.28. The normalized spacial score (nSPS) is 12.1. The van der Waals surface area contributed by atoms with Crippen LogP contribution in [-0.2, 0) is 6.54 Å². The molecule has 1 rings (SSSR count). The van der Waals surface area contributed by atoms with Crippen molar-refractivity contribution in [3.05, 3.63) is 29.0 Å². The lowest BCUT2D eigenvalue weighted by Gasteiger charge is -2.23. The molecule has 3 nitrogen and oxygen atoms in total. The number of hydrogen-bond donors (Lipinski definition) is 1. The molecule has 1 aromatic heterocycles. The molecule has 1 N–H and O–H groups in total. The van der Waals surface area contributed by atoms with Crippen LogP contribution >= 0.6 is 11.6 Å². The van der Waals surface area contributed by atoms with Gasteiger partial charge < -0.3 is 5.11 Å². The van der Waals surface area contributed by atoms with Gasteiger partial charge >= 0.3 is 6.18 Å². The Morgan fingerprint density at radius 1 is 1.33 bits per heavy atom. The highest BCUT2D eigenvalue weighted by Gasteiger charge is 2.30. The Labute approximate surface area is 108 Å². The molecule has 0 spiro atoms. The molecule has 1 aromatic rings. The average molecular weight is 283 g/mol. The van der Waals surface area contributed by atoms with E-state index in [-0.39, 0.29) is 19.7 Å². The number of aliphatic hydroxyl groups excluding tert-OH is 1. The fraction of sp³-hybridized carbons (Fsp3) is 0.545. The van der Waals surface area contributed by atoms with Crippen molar-refractivity contribution in [2.45, 2.75) is 19.1 Å². The van der Waals surface area contributed by atoms with E-state index < -0.39 is 12.7 Å². The molecule has 0 amide bonds. The molecule has 7 heteroatoms. The van der Waals surface area contributed by atoms with Crippen LogP contribution in [0.5, 0.6) is 0 Å². The second-order valence-electron chi connectivity index (χ2n) is 3.89. The van der Waals surface area contributed by atoms with Gasteiger partial charge in [0.1, 0.15) is 5.15 Å². The monoisotopic (exact) mass is 282 g/mol. The number of hydrogen-bond acceptors (Lipinski definition) is 3. The minimum absolute atomic E-state index is 0.129. The van der Waals surface area contributed by atoms with Crippen molar-refractivity contribution >= 4 is 11.6 Å². The van der Waals surface area contributed by atoms with Crippen molar-refractivity contribution in [2.24, 2.45) is 0 Å². The molecule has 0 aromatic carbocycles. The number of aliphatic hydroxyl groups is 1. The minimum atomic E-state index is -4.25. The molecule has 0 unspecified atom stereocenters. The Bertz CT molecular complexity index is 356. The molecule has 0 bridgehead atoms. The topological polar surface area (TPSA) is 36.4 Å². The Morgan fingerprint density at radius 3 is 2.56 bits per heavy atom. The summed E-state index contributed by atoms with van der Waals surface area (Å²) < 4.78 is 37.1. The maximum atomic E-state index is 12.4.